The number of carbonyl (C=O) groups excluding carboxylic acids is 1. The molecule has 1 aliphatic heterocycles. The van der Waals surface area contributed by atoms with Crippen molar-refractivity contribution in [3.63, 3.8) is 0 Å². The minimum Gasteiger partial charge on any atom is -0.469 e. The number of nitrogens with zero attached hydrogens (tertiary/aromatic N) is 1. The summed E-state index contributed by atoms with van der Waals surface area (Å²) in [5.41, 5.74) is 6.14. The van der Waals surface area contributed by atoms with Crippen LogP contribution in [-0.4, -0.2) is 43.7 Å². The third kappa shape index (κ3) is 4.77. The third-order valence-corrected chi connectivity index (χ3v) is 4.57. The van der Waals surface area contributed by atoms with Crippen LogP contribution >= 0.6 is 0 Å². The number of rotatable bonds is 4. The first-order chi connectivity index (χ1) is 9.17. The van der Waals surface area contributed by atoms with Crippen LogP contribution in [-0.2, 0) is 9.53 Å². The first-order valence-electron chi connectivity index (χ1n) is 7.72. The Labute approximate surface area is 116 Å². The van der Waals surface area contributed by atoms with E-state index < -0.39 is 0 Å². The lowest BCUT2D eigenvalue weighted by molar-refractivity contribution is -0.142. The van der Waals surface area contributed by atoms with Crippen LogP contribution in [0, 0.1) is 11.8 Å². The first-order valence-corrected chi connectivity index (χ1v) is 7.72. The van der Waals surface area contributed by atoms with Gasteiger partial charge in [-0.1, -0.05) is 19.3 Å². The predicted octanol–water partition coefficient (Wildman–Crippen LogP) is 1.78. The van der Waals surface area contributed by atoms with Crippen LogP contribution < -0.4 is 5.73 Å². The zero-order valence-corrected chi connectivity index (χ0v) is 12.1. The van der Waals surface area contributed by atoms with Crippen LogP contribution in [0.15, 0.2) is 0 Å². The molecule has 1 saturated carbocycles. The van der Waals surface area contributed by atoms with Crippen LogP contribution in [0.5, 0.6) is 0 Å². The fourth-order valence-corrected chi connectivity index (χ4v) is 3.70. The average Bonchev–Trinajstić information content (AvgIpc) is 2.39. The molecule has 19 heavy (non-hydrogen) atoms. The van der Waals surface area contributed by atoms with Gasteiger partial charge in [-0.3, -0.25) is 4.79 Å². The van der Waals surface area contributed by atoms with Gasteiger partial charge in [0, 0.05) is 32.1 Å². The topological polar surface area (TPSA) is 55.6 Å². The van der Waals surface area contributed by atoms with Gasteiger partial charge in [0.2, 0.25) is 0 Å². The summed E-state index contributed by atoms with van der Waals surface area (Å²) in [5.74, 6) is 1.12. The number of likely N-dealkylation sites (tertiary alicyclic amines) is 1. The zero-order valence-electron chi connectivity index (χ0n) is 12.1. The van der Waals surface area contributed by atoms with Crippen molar-refractivity contribution in [3.05, 3.63) is 0 Å². The van der Waals surface area contributed by atoms with Gasteiger partial charge < -0.3 is 15.4 Å². The lowest BCUT2D eigenvalue weighted by Gasteiger charge is -2.38. The Morgan fingerprint density at radius 1 is 1.21 bits per heavy atom. The minimum atomic E-state index is -0.100. The van der Waals surface area contributed by atoms with E-state index in [0.717, 1.165) is 25.4 Å². The molecule has 0 spiro atoms. The van der Waals surface area contributed by atoms with E-state index in [4.69, 9.17) is 10.5 Å². The van der Waals surface area contributed by atoms with Gasteiger partial charge in [-0.25, -0.2) is 0 Å². The maximum Gasteiger partial charge on any atom is 0.305 e. The Bertz CT molecular complexity index is 290. The molecule has 0 radical (unpaired) electrons. The second-order valence-corrected chi connectivity index (χ2v) is 6.36. The Kier molecular flexibility index (Phi) is 5.64. The molecule has 2 N–H and O–H groups in total. The second-order valence-electron chi connectivity index (χ2n) is 6.36. The number of carbonyl (C=O) groups is 1. The zero-order chi connectivity index (χ0) is 13.7. The molecule has 2 rings (SSSR count). The minimum absolute atomic E-state index is 0.100. The first kappa shape index (κ1) is 14.8. The van der Waals surface area contributed by atoms with Gasteiger partial charge in [-0.2, -0.15) is 0 Å². The Balaban J connectivity index is 1.81. The monoisotopic (exact) mass is 268 g/mol. The molecule has 4 heteroatoms. The van der Waals surface area contributed by atoms with E-state index >= 15 is 0 Å². The number of esters is 1. The van der Waals surface area contributed by atoms with Crippen molar-refractivity contribution < 1.29 is 9.53 Å². The average molecular weight is 268 g/mol. The van der Waals surface area contributed by atoms with Gasteiger partial charge in [0.25, 0.3) is 0 Å². The lowest BCUT2D eigenvalue weighted by Crippen LogP contribution is -2.49. The van der Waals surface area contributed by atoms with E-state index in [1.165, 1.54) is 45.8 Å². The van der Waals surface area contributed by atoms with Crippen LogP contribution in [0.25, 0.3) is 0 Å². The van der Waals surface area contributed by atoms with Crippen molar-refractivity contribution in [2.75, 3.05) is 26.7 Å². The maximum absolute atomic E-state index is 11.4. The van der Waals surface area contributed by atoms with Gasteiger partial charge in [0.15, 0.2) is 0 Å². The van der Waals surface area contributed by atoms with Gasteiger partial charge in [0.05, 0.1) is 7.11 Å². The summed E-state index contributed by atoms with van der Waals surface area (Å²) in [7, 11) is 1.46. The van der Waals surface area contributed by atoms with Crippen LogP contribution in [0.1, 0.15) is 44.9 Å². The molecule has 0 aromatic heterocycles. The molecule has 0 bridgehead atoms. The summed E-state index contributed by atoms with van der Waals surface area (Å²) < 4.78 is 4.78. The summed E-state index contributed by atoms with van der Waals surface area (Å²) in [6, 6.07) is 0.215. The third-order valence-electron chi connectivity index (χ3n) is 4.57. The molecule has 2 fully saturated rings. The Hall–Kier alpha value is -0.610. The quantitative estimate of drug-likeness (QED) is 0.790. The normalized spacial score (nSPS) is 30.2. The highest BCUT2D eigenvalue weighted by atomic mass is 16.5. The van der Waals surface area contributed by atoms with E-state index in [0.29, 0.717) is 12.3 Å². The summed E-state index contributed by atoms with van der Waals surface area (Å²) in [5, 5.41) is 0. The fraction of sp³-hybridized carbons (Fsp3) is 0.933. The number of piperidine rings is 1. The number of ether oxygens (including phenoxy) is 1. The van der Waals surface area contributed by atoms with Crippen LogP contribution in [0.2, 0.25) is 0 Å². The van der Waals surface area contributed by atoms with E-state index in [1.54, 1.807) is 0 Å². The standard InChI is InChI=1S/C15H28N2O2/c1-19-15(18)8-13-7-14(16)11-17(10-13)9-12-5-3-2-4-6-12/h12-14H,2-11,16H2,1H3. The van der Waals surface area contributed by atoms with Crippen molar-refractivity contribution in [3.8, 4) is 0 Å². The molecular formula is C15H28N2O2. The highest BCUT2D eigenvalue weighted by Crippen LogP contribution is 2.27. The molecule has 1 saturated heterocycles. The molecule has 2 unspecified atom stereocenters. The molecule has 0 amide bonds. The Morgan fingerprint density at radius 3 is 2.63 bits per heavy atom. The van der Waals surface area contributed by atoms with Crippen LogP contribution in [0.4, 0.5) is 0 Å². The van der Waals surface area contributed by atoms with Gasteiger partial charge in [-0.05, 0) is 31.1 Å². The fourth-order valence-electron chi connectivity index (χ4n) is 3.70. The molecule has 2 aliphatic rings. The molecule has 2 atom stereocenters. The summed E-state index contributed by atoms with van der Waals surface area (Å²) in [4.78, 5) is 13.9. The molecule has 1 heterocycles. The van der Waals surface area contributed by atoms with Crippen molar-refractivity contribution in [2.45, 2.75) is 51.0 Å². The Morgan fingerprint density at radius 2 is 1.95 bits per heavy atom. The SMILES string of the molecule is COC(=O)CC1CC(N)CN(CC2CCCCC2)C1. The smallest absolute Gasteiger partial charge is 0.305 e. The molecule has 0 aromatic carbocycles. The molecule has 110 valence electrons. The predicted molar refractivity (Wildman–Crippen MR) is 75.7 cm³/mol. The van der Waals surface area contributed by atoms with Crippen molar-refractivity contribution >= 4 is 5.97 Å². The summed E-state index contributed by atoms with van der Waals surface area (Å²) >= 11 is 0. The van der Waals surface area contributed by atoms with Gasteiger partial charge in [0.1, 0.15) is 0 Å². The van der Waals surface area contributed by atoms with E-state index in [9.17, 15) is 4.79 Å². The van der Waals surface area contributed by atoms with Crippen molar-refractivity contribution in [1.29, 1.82) is 0 Å². The number of hydrogen-bond donors (Lipinski definition) is 1. The van der Waals surface area contributed by atoms with E-state index in [2.05, 4.69) is 4.90 Å². The summed E-state index contributed by atoms with van der Waals surface area (Å²) in [6.07, 6.45) is 8.38. The van der Waals surface area contributed by atoms with Gasteiger partial charge >= 0.3 is 5.97 Å². The summed E-state index contributed by atoms with van der Waals surface area (Å²) in [6.45, 7) is 3.18. The molecule has 0 aromatic rings. The number of methoxy groups -OCH3 is 1. The lowest BCUT2D eigenvalue weighted by atomic mass is 9.87. The molecule has 4 nitrogen and oxygen atoms in total. The molecular weight excluding hydrogens is 240 g/mol. The van der Waals surface area contributed by atoms with Crippen LogP contribution in [0.3, 0.4) is 0 Å². The second kappa shape index (κ2) is 7.25. The largest absolute Gasteiger partial charge is 0.469 e. The highest BCUT2D eigenvalue weighted by molar-refractivity contribution is 5.69. The number of nitrogens with two attached hydrogens (primary N) is 1. The van der Waals surface area contributed by atoms with Crippen molar-refractivity contribution in [2.24, 2.45) is 17.6 Å². The highest BCUT2D eigenvalue weighted by Gasteiger charge is 2.28. The van der Waals surface area contributed by atoms with Gasteiger partial charge in [-0.15, -0.1) is 0 Å². The van der Waals surface area contributed by atoms with Crippen molar-refractivity contribution in [1.82, 2.24) is 4.90 Å². The maximum atomic E-state index is 11.4. The van der Waals surface area contributed by atoms with E-state index in [-0.39, 0.29) is 12.0 Å². The van der Waals surface area contributed by atoms with E-state index in [1.807, 2.05) is 0 Å². The molecule has 1 aliphatic carbocycles. The number of hydrogen-bond acceptors (Lipinski definition) is 4.